The molecule has 0 unspecified atom stereocenters. The number of hydrogen-bond donors (Lipinski definition) is 1. The van der Waals surface area contributed by atoms with Crippen LogP contribution in [0, 0.1) is 0 Å². The molecule has 8 aromatic carbocycles. The smallest absolute Gasteiger partial charge is 0.0178 e. The van der Waals surface area contributed by atoms with E-state index in [0.717, 1.165) is 5.56 Å². The van der Waals surface area contributed by atoms with E-state index in [9.17, 15) is 0 Å². The summed E-state index contributed by atoms with van der Waals surface area (Å²) in [7, 11) is -1.77. The number of benzene rings is 8. The van der Waals surface area contributed by atoms with Crippen molar-refractivity contribution in [1.82, 2.24) is 0 Å². The van der Waals surface area contributed by atoms with Crippen LogP contribution in [0.1, 0.15) is 5.56 Å². The molecule has 0 amide bonds. The van der Waals surface area contributed by atoms with E-state index in [-0.39, 0.29) is 0 Å². The van der Waals surface area contributed by atoms with Crippen molar-refractivity contribution in [2.24, 2.45) is 5.73 Å². The number of rotatable bonds is 8. The van der Waals surface area contributed by atoms with Crippen molar-refractivity contribution < 1.29 is 0 Å². The lowest BCUT2D eigenvalue weighted by molar-refractivity contribution is 1.08. The summed E-state index contributed by atoms with van der Waals surface area (Å²) in [6.07, 6.45) is 0. The third-order valence-electron chi connectivity index (χ3n) is 8.99. The van der Waals surface area contributed by atoms with Crippen LogP contribution in [0.3, 0.4) is 0 Å². The fourth-order valence-corrected chi connectivity index (χ4v) is 11.8. The molecule has 8 rings (SSSR count). The summed E-state index contributed by atoms with van der Waals surface area (Å²) in [5, 5.41) is 13.1. The van der Waals surface area contributed by atoms with Crippen LogP contribution in [0.15, 0.2) is 188 Å². The Hall–Kier alpha value is -4.90. The maximum Gasteiger partial charge on any atom is 0.0178 e. The van der Waals surface area contributed by atoms with E-state index in [0.29, 0.717) is 6.54 Å². The van der Waals surface area contributed by atoms with Gasteiger partial charge in [0.15, 0.2) is 0 Å². The SMILES string of the molecule is NCc1ccc2c(-c3c(P(c4ccccc4)c4ccccc4)ccc4ccccc34)c(P(c3ccccc3)c3ccccc3)ccc2c1. The monoisotopic (exact) mass is 651 g/mol. The molecule has 230 valence electrons. The van der Waals surface area contributed by atoms with Crippen LogP contribution in [-0.4, -0.2) is 0 Å². The van der Waals surface area contributed by atoms with Gasteiger partial charge in [-0.3, -0.25) is 0 Å². The quantitative estimate of drug-likeness (QED) is 0.164. The van der Waals surface area contributed by atoms with Crippen molar-refractivity contribution >= 4 is 69.2 Å². The van der Waals surface area contributed by atoms with Crippen molar-refractivity contribution in [2.75, 3.05) is 0 Å². The maximum atomic E-state index is 6.19. The van der Waals surface area contributed by atoms with E-state index < -0.39 is 15.8 Å². The highest BCUT2D eigenvalue weighted by Crippen LogP contribution is 2.45. The first-order chi connectivity index (χ1) is 23.8. The van der Waals surface area contributed by atoms with Gasteiger partial charge >= 0.3 is 0 Å². The molecule has 0 radical (unpaired) electrons. The van der Waals surface area contributed by atoms with E-state index in [1.165, 1.54) is 64.5 Å². The summed E-state index contributed by atoms with van der Waals surface area (Å²) in [6, 6.07) is 69.5. The van der Waals surface area contributed by atoms with Gasteiger partial charge in [0.1, 0.15) is 0 Å². The van der Waals surface area contributed by atoms with Crippen LogP contribution < -0.4 is 37.6 Å². The molecule has 0 aliphatic carbocycles. The van der Waals surface area contributed by atoms with Gasteiger partial charge in [0.05, 0.1) is 0 Å². The minimum absolute atomic E-state index is 0.514. The molecule has 2 N–H and O–H groups in total. The van der Waals surface area contributed by atoms with E-state index in [2.05, 4.69) is 188 Å². The van der Waals surface area contributed by atoms with Gasteiger partial charge in [0.25, 0.3) is 0 Å². The van der Waals surface area contributed by atoms with Crippen molar-refractivity contribution in [2.45, 2.75) is 6.54 Å². The number of fused-ring (bicyclic) bond motifs is 2. The highest BCUT2D eigenvalue weighted by atomic mass is 31.1. The largest absolute Gasteiger partial charge is 0.326 e. The van der Waals surface area contributed by atoms with Gasteiger partial charge in [-0.1, -0.05) is 182 Å². The fraction of sp³-hybridized carbons (Fsp3) is 0.0222. The molecule has 0 fully saturated rings. The van der Waals surface area contributed by atoms with Crippen molar-refractivity contribution in [3.8, 4) is 11.1 Å². The van der Waals surface area contributed by atoms with Gasteiger partial charge in [0, 0.05) is 6.54 Å². The highest BCUT2D eigenvalue weighted by molar-refractivity contribution is 7.80. The second-order valence-corrected chi connectivity index (χ2v) is 16.3. The van der Waals surface area contributed by atoms with Gasteiger partial charge in [0.2, 0.25) is 0 Å². The van der Waals surface area contributed by atoms with E-state index >= 15 is 0 Å². The Kier molecular flexibility index (Phi) is 8.67. The summed E-state index contributed by atoms with van der Waals surface area (Å²) in [4.78, 5) is 0. The predicted octanol–water partition coefficient (Wildman–Crippen LogP) is 8.64. The molecular weight excluding hydrogens is 616 g/mol. The van der Waals surface area contributed by atoms with E-state index in [4.69, 9.17) is 5.73 Å². The topological polar surface area (TPSA) is 26.0 Å². The average molecular weight is 652 g/mol. The molecule has 0 spiro atoms. The molecule has 0 heterocycles. The second-order valence-electron chi connectivity index (χ2n) is 11.9. The minimum atomic E-state index is -0.888. The third-order valence-corrected chi connectivity index (χ3v) is 14.0. The zero-order chi connectivity index (χ0) is 32.3. The summed E-state index contributed by atoms with van der Waals surface area (Å²) < 4.78 is 0. The first kappa shape index (κ1) is 30.4. The number of hydrogen-bond acceptors (Lipinski definition) is 1. The molecule has 0 saturated carbocycles. The van der Waals surface area contributed by atoms with Crippen LogP contribution >= 0.6 is 15.8 Å². The summed E-state index contributed by atoms with van der Waals surface area (Å²) >= 11 is 0. The van der Waals surface area contributed by atoms with Crippen molar-refractivity contribution in [1.29, 1.82) is 0 Å². The lowest BCUT2D eigenvalue weighted by atomic mass is 9.93. The van der Waals surface area contributed by atoms with Crippen LogP contribution in [-0.2, 0) is 6.54 Å². The second kappa shape index (κ2) is 13.7. The van der Waals surface area contributed by atoms with Crippen LogP contribution in [0.5, 0.6) is 0 Å². The molecule has 1 nitrogen and oxygen atoms in total. The lowest BCUT2D eigenvalue weighted by Gasteiger charge is -2.28. The lowest BCUT2D eigenvalue weighted by Crippen LogP contribution is -2.26. The molecule has 0 atom stereocenters. The van der Waals surface area contributed by atoms with Crippen LogP contribution in [0.2, 0.25) is 0 Å². The van der Waals surface area contributed by atoms with Crippen LogP contribution in [0.4, 0.5) is 0 Å². The Bertz CT molecular complexity index is 2240. The normalized spacial score (nSPS) is 11.5. The van der Waals surface area contributed by atoms with Gasteiger partial charge in [-0.05, 0) is 92.0 Å². The fourth-order valence-electron chi connectivity index (χ4n) is 6.82. The Morgan fingerprint density at radius 2 is 0.750 bits per heavy atom. The molecule has 0 saturated heterocycles. The molecule has 0 aliphatic heterocycles. The standard InChI is InChI=1S/C45H35NP2/c46-32-33-25-28-41-35(31-33)27-30-43(48(38-20-9-3-10-21-38)39-22-11-4-12-23-39)45(41)44-40-24-14-13-15-34(40)26-29-42(44)47(36-16-5-1-6-17-36)37-18-7-2-8-19-37/h1-31H,32,46H2. The first-order valence-corrected chi connectivity index (χ1v) is 19.1. The van der Waals surface area contributed by atoms with Gasteiger partial charge in [-0.25, -0.2) is 0 Å². The minimum Gasteiger partial charge on any atom is -0.326 e. The van der Waals surface area contributed by atoms with Crippen molar-refractivity contribution in [3.05, 3.63) is 194 Å². The summed E-state index contributed by atoms with van der Waals surface area (Å²) in [5.41, 5.74) is 9.98. The van der Waals surface area contributed by atoms with E-state index in [1.54, 1.807) is 0 Å². The van der Waals surface area contributed by atoms with Gasteiger partial charge in [-0.2, -0.15) is 0 Å². The zero-order valence-electron chi connectivity index (χ0n) is 26.6. The Labute approximate surface area is 285 Å². The number of nitrogens with two attached hydrogens (primary N) is 1. The predicted molar refractivity (Wildman–Crippen MR) is 212 cm³/mol. The zero-order valence-corrected chi connectivity index (χ0v) is 28.4. The molecule has 0 aliphatic rings. The molecular formula is C45H35NP2. The Morgan fingerprint density at radius 3 is 1.21 bits per heavy atom. The highest BCUT2D eigenvalue weighted by Gasteiger charge is 2.28. The average Bonchev–Trinajstić information content (AvgIpc) is 3.16. The molecule has 0 aromatic heterocycles. The first-order valence-electron chi connectivity index (χ1n) is 16.4. The molecule has 8 aromatic rings. The Balaban J connectivity index is 1.54. The van der Waals surface area contributed by atoms with Gasteiger partial charge in [-0.15, -0.1) is 0 Å². The molecule has 3 heteroatoms. The third kappa shape index (κ3) is 5.76. The summed E-state index contributed by atoms with van der Waals surface area (Å²) in [6.45, 7) is 0.514. The maximum absolute atomic E-state index is 6.19. The van der Waals surface area contributed by atoms with Crippen molar-refractivity contribution in [3.63, 3.8) is 0 Å². The van der Waals surface area contributed by atoms with Gasteiger partial charge < -0.3 is 5.73 Å². The summed E-state index contributed by atoms with van der Waals surface area (Å²) in [5.74, 6) is 0. The molecule has 0 bridgehead atoms. The molecule has 48 heavy (non-hydrogen) atoms. The Morgan fingerprint density at radius 1 is 0.354 bits per heavy atom. The van der Waals surface area contributed by atoms with Crippen LogP contribution in [0.25, 0.3) is 32.7 Å². The van der Waals surface area contributed by atoms with E-state index in [1.807, 2.05) is 0 Å².